The predicted molar refractivity (Wildman–Crippen MR) is 244 cm³/mol. The molecule has 0 saturated carbocycles. The predicted octanol–water partition coefficient (Wildman–Crippen LogP) is 16.4. The van der Waals surface area contributed by atoms with Gasteiger partial charge in [-0.05, 0) is 91.8 Å². The molecule has 2 rings (SSSR count). The van der Waals surface area contributed by atoms with Crippen molar-refractivity contribution in [2.24, 2.45) is 9.98 Å². The third kappa shape index (κ3) is 25.0. The number of benzene rings is 2. The first-order valence-electron chi connectivity index (χ1n) is 23.4. The van der Waals surface area contributed by atoms with Gasteiger partial charge in [-0.3, -0.25) is 4.99 Å². The first-order valence-corrected chi connectivity index (χ1v) is 23.4. The van der Waals surface area contributed by atoms with E-state index in [4.69, 9.17) is 9.98 Å². The van der Waals surface area contributed by atoms with Crippen LogP contribution < -0.4 is 0 Å². The Morgan fingerprint density at radius 1 is 0.509 bits per heavy atom. The Balaban J connectivity index is 1.78. The molecular formula is C52H82N2O. The monoisotopic (exact) mass is 751 g/mol. The molecule has 0 spiro atoms. The van der Waals surface area contributed by atoms with Crippen LogP contribution >= 0.6 is 0 Å². The Labute approximate surface area is 340 Å². The molecule has 55 heavy (non-hydrogen) atoms. The fourth-order valence-electron chi connectivity index (χ4n) is 7.33. The zero-order chi connectivity index (χ0) is 39.4. The van der Waals surface area contributed by atoms with Gasteiger partial charge in [0.25, 0.3) is 0 Å². The molecular weight excluding hydrogens is 669 g/mol. The Hall–Kier alpha value is -2.99. The van der Waals surface area contributed by atoms with Crippen molar-refractivity contribution in [1.82, 2.24) is 0 Å². The first-order chi connectivity index (χ1) is 27.1. The second kappa shape index (κ2) is 34.3. The van der Waals surface area contributed by atoms with Crippen molar-refractivity contribution in [3.63, 3.8) is 0 Å². The number of aryl methyl sites for hydroxylation is 3. The minimum Gasteiger partial charge on any atom is -0.303 e. The molecule has 0 heterocycles. The van der Waals surface area contributed by atoms with Gasteiger partial charge in [0.15, 0.2) is 0 Å². The number of aldehydes is 1. The van der Waals surface area contributed by atoms with Crippen molar-refractivity contribution in [3.05, 3.63) is 59.2 Å². The van der Waals surface area contributed by atoms with Crippen molar-refractivity contribution in [2.75, 3.05) is 0 Å². The van der Waals surface area contributed by atoms with E-state index in [9.17, 15) is 4.79 Å². The molecule has 0 aliphatic heterocycles. The normalized spacial score (nSPS) is 11.9. The summed E-state index contributed by atoms with van der Waals surface area (Å²) in [6, 6.07) is 15.2. The summed E-state index contributed by atoms with van der Waals surface area (Å²) in [5.74, 6) is 7.01. The largest absolute Gasteiger partial charge is 0.303 e. The van der Waals surface area contributed by atoms with Gasteiger partial charge in [-0.1, -0.05) is 193 Å². The second-order valence-corrected chi connectivity index (χ2v) is 16.0. The average Bonchev–Trinajstić information content (AvgIpc) is 3.21. The molecule has 0 saturated heterocycles. The molecule has 2 aromatic rings. The lowest BCUT2D eigenvalue weighted by atomic mass is 10.0. The van der Waals surface area contributed by atoms with Crippen molar-refractivity contribution < 1.29 is 4.79 Å². The molecule has 0 N–H and O–H groups in total. The van der Waals surface area contributed by atoms with E-state index < -0.39 is 0 Å². The van der Waals surface area contributed by atoms with Crippen LogP contribution in [0.4, 0.5) is 11.4 Å². The van der Waals surface area contributed by atoms with Gasteiger partial charge in [-0.25, -0.2) is 4.99 Å². The van der Waals surface area contributed by atoms with E-state index in [0.29, 0.717) is 6.42 Å². The molecule has 0 aromatic heterocycles. The van der Waals surface area contributed by atoms with Crippen LogP contribution in [0.2, 0.25) is 0 Å². The van der Waals surface area contributed by atoms with Gasteiger partial charge in [-0.15, -0.1) is 0 Å². The van der Waals surface area contributed by atoms with Crippen molar-refractivity contribution in [1.29, 1.82) is 0 Å². The van der Waals surface area contributed by atoms with Gasteiger partial charge in [0, 0.05) is 12.8 Å². The first kappa shape index (κ1) is 48.2. The number of aliphatic imine (C=N–C) groups is 2. The van der Waals surface area contributed by atoms with Crippen LogP contribution in [0, 0.1) is 11.8 Å². The van der Waals surface area contributed by atoms with Gasteiger partial charge >= 0.3 is 0 Å². The SMILES string of the molecule is CCCCCCCCCCCCCCCCCCCCCCCCC#CC(=Nc1ccc(CCCC=O)cc1)C(CCCC)=Nc1cc(CC)cc(CC)c1. The molecule has 0 atom stereocenters. The highest BCUT2D eigenvalue weighted by Gasteiger charge is 2.10. The number of nitrogens with zero attached hydrogens (tertiary/aromatic N) is 2. The number of rotatable bonds is 34. The Morgan fingerprint density at radius 2 is 0.982 bits per heavy atom. The molecule has 306 valence electrons. The van der Waals surface area contributed by atoms with E-state index in [1.165, 1.54) is 152 Å². The fourth-order valence-corrected chi connectivity index (χ4v) is 7.33. The van der Waals surface area contributed by atoms with E-state index in [1.807, 2.05) is 0 Å². The van der Waals surface area contributed by atoms with Gasteiger partial charge in [0.1, 0.15) is 12.0 Å². The molecule has 0 fully saturated rings. The molecule has 3 nitrogen and oxygen atoms in total. The maximum Gasteiger partial charge on any atom is 0.135 e. The van der Waals surface area contributed by atoms with E-state index in [2.05, 4.69) is 82.0 Å². The molecule has 0 radical (unpaired) electrons. The van der Waals surface area contributed by atoms with Gasteiger partial charge in [0.05, 0.1) is 17.1 Å². The van der Waals surface area contributed by atoms with Crippen molar-refractivity contribution >= 4 is 29.1 Å². The Morgan fingerprint density at radius 3 is 1.44 bits per heavy atom. The van der Waals surface area contributed by atoms with Crippen LogP contribution in [-0.2, 0) is 24.1 Å². The lowest BCUT2D eigenvalue weighted by Crippen LogP contribution is -2.12. The summed E-state index contributed by atoms with van der Waals surface area (Å²) < 4.78 is 0. The van der Waals surface area contributed by atoms with Crippen LogP contribution in [0.5, 0.6) is 0 Å². The number of hydrogen-bond donors (Lipinski definition) is 0. The molecule has 2 aromatic carbocycles. The summed E-state index contributed by atoms with van der Waals surface area (Å²) in [6.45, 7) is 8.96. The van der Waals surface area contributed by atoms with Crippen LogP contribution in [0.25, 0.3) is 0 Å². The fraction of sp³-hybridized carbons (Fsp3) is 0.673. The van der Waals surface area contributed by atoms with Crippen molar-refractivity contribution in [3.8, 4) is 11.8 Å². The number of carbonyl (C=O) groups excluding carboxylic acids is 1. The van der Waals surface area contributed by atoms with Crippen molar-refractivity contribution in [2.45, 2.75) is 227 Å². The lowest BCUT2D eigenvalue weighted by Gasteiger charge is -2.09. The summed E-state index contributed by atoms with van der Waals surface area (Å²) in [5, 5.41) is 0. The minimum atomic E-state index is 0.607. The van der Waals surface area contributed by atoms with Gasteiger partial charge in [0.2, 0.25) is 0 Å². The highest BCUT2D eigenvalue weighted by atomic mass is 16.1. The maximum atomic E-state index is 10.8. The molecule has 0 unspecified atom stereocenters. The second-order valence-electron chi connectivity index (χ2n) is 16.0. The standard InChI is InChI=1S/C52H82N2O/c1-5-9-11-12-13-14-15-16-17-18-19-20-21-22-23-24-25-26-27-28-29-30-31-32-37-52(53-49-40-38-48(39-41-49)35-33-34-42-55)51(36-10-6-2)54-50-44-46(7-3)43-47(8-4)45-50/h38-45H,5-31,33-36H2,1-4H3. The summed E-state index contributed by atoms with van der Waals surface area (Å²) in [6.07, 6.45) is 40.3. The third-order valence-electron chi connectivity index (χ3n) is 11.0. The number of carbonyl (C=O) groups is 1. The van der Waals surface area contributed by atoms with E-state index in [-0.39, 0.29) is 0 Å². The number of hydrogen-bond acceptors (Lipinski definition) is 3. The molecule has 0 aliphatic rings. The highest BCUT2D eigenvalue weighted by molar-refractivity contribution is 6.49. The molecule has 0 aliphatic carbocycles. The summed E-state index contributed by atoms with van der Waals surface area (Å²) in [5.41, 5.74) is 7.62. The van der Waals surface area contributed by atoms with Crippen LogP contribution in [0.1, 0.15) is 224 Å². The zero-order valence-corrected chi connectivity index (χ0v) is 36.3. The third-order valence-corrected chi connectivity index (χ3v) is 11.0. The quantitative estimate of drug-likeness (QED) is 0.0304. The maximum absolute atomic E-state index is 10.8. The zero-order valence-electron chi connectivity index (χ0n) is 36.3. The topological polar surface area (TPSA) is 41.8 Å². The Kier molecular flexibility index (Phi) is 30.0. The molecule has 3 heteroatoms. The number of unbranched alkanes of at least 4 members (excludes halogenated alkanes) is 24. The summed E-state index contributed by atoms with van der Waals surface area (Å²) in [4.78, 5) is 21.1. The molecule has 0 bridgehead atoms. The van der Waals surface area contributed by atoms with E-state index in [1.54, 1.807) is 0 Å². The summed E-state index contributed by atoms with van der Waals surface area (Å²) in [7, 11) is 0. The van der Waals surface area contributed by atoms with Crippen LogP contribution in [0.3, 0.4) is 0 Å². The van der Waals surface area contributed by atoms with Gasteiger partial charge < -0.3 is 4.79 Å². The van der Waals surface area contributed by atoms with E-state index >= 15 is 0 Å². The van der Waals surface area contributed by atoms with E-state index in [0.717, 1.165) is 86.9 Å². The van der Waals surface area contributed by atoms with Gasteiger partial charge in [-0.2, -0.15) is 0 Å². The Bertz CT molecular complexity index is 1340. The lowest BCUT2D eigenvalue weighted by molar-refractivity contribution is -0.107. The summed E-state index contributed by atoms with van der Waals surface area (Å²) >= 11 is 0. The minimum absolute atomic E-state index is 0.607. The molecule has 0 amide bonds. The smallest absolute Gasteiger partial charge is 0.135 e. The van der Waals surface area contributed by atoms with Crippen LogP contribution in [-0.4, -0.2) is 17.7 Å². The average molecular weight is 751 g/mol. The van der Waals surface area contributed by atoms with Crippen LogP contribution in [0.15, 0.2) is 52.4 Å². The highest BCUT2D eigenvalue weighted by Crippen LogP contribution is 2.22.